The molecule has 0 saturated carbocycles. The Morgan fingerprint density at radius 3 is 2.45 bits per heavy atom. The van der Waals surface area contributed by atoms with E-state index in [0.29, 0.717) is 0 Å². The van der Waals surface area contributed by atoms with E-state index < -0.39 is 0 Å². The van der Waals surface area contributed by atoms with Crippen LogP contribution in [0.1, 0.15) is 23.4 Å². The molecule has 0 radical (unpaired) electrons. The highest BCUT2D eigenvalue weighted by Gasteiger charge is 2.05. The molecule has 0 heterocycles. The van der Waals surface area contributed by atoms with Gasteiger partial charge in [0.1, 0.15) is 0 Å². The second kappa shape index (κ2) is 3.46. The van der Waals surface area contributed by atoms with E-state index in [-0.39, 0.29) is 5.38 Å². The normalized spacial score (nSPS) is 13.1. The van der Waals surface area contributed by atoms with Gasteiger partial charge in [0, 0.05) is 5.02 Å². The maximum absolute atomic E-state index is 5.91. The van der Waals surface area contributed by atoms with Gasteiger partial charge >= 0.3 is 0 Å². The molecular weight excluding hydrogens is 179 g/mol. The highest BCUT2D eigenvalue weighted by Crippen LogP contribution is 2.27. The van der Waals surface area contributed by atoms with Crippen LogP contribution in [-0.4, -0.2) is 0 Å². The zero-order valence-electron chi connectivity index (χ0n) is 6.57. The molecule has 1 aromatic carbocycles. The van der Waals surface area contributed by atoms with Crippen LogP contribution in [0.15, 0.2) is 18.2 Å². The lowest BCUT2D eigenvalue weighted by Gasteiger charge is -2.06. The molecule has 0 fully saturated rings. The number of alkyl halides is 1. The third kappa shape index (κ3) is 2.11. The van der Waals surface area contributed by atoms with E-state index in [4.69, 9.17) is 23.2 Å². The highest BCUT2D eigenvalue weighted by molar-refractivity contribution is 6.32. The third-order valence-corrected chi connectivity index (χ3v) is 2.16. The lowest BCUT2D eigenvalue weighted by Crippen LogP contribution is -1.86. The zero-order valence-corrected chi connectivity index (χ0v) is 8.08. The summed E-state index contributed by atoms with van der Waals surface area (Å²) in [6.07, 6.45) is 0. The van der Waals surface area contributed by atoms with Crippen LogP contribution in [0.4, 0.5) is 0 Å². The van der Waals surface area contributed by atoms with Crippen LogP contribution in [0.3, 0.4) is 0 Å². The maximum Gasteiger partial charge on any atom is 0.0571 e. The van der Waals surface area contributed by atoms with Gasteiger partial charge in [-0.2, -0.15) is 0 Å². The van der Waals surface area contributed by atoms with Gasteiger partial charge in [0.15, 0.2) is 0 Å². The molecule has 11 heavy (non-hydrogen) atoms. The summed E-state index contributed by atoms with van der Waals surface area (Å²) in [4.78, 5) is 0. The van der Waals surface area contributed by atoms with E-state index in [1.165, 1.54) is 5.56 Å². The molecule has 1 rings (SSSR count). The number of halogens is 2. The molecule has 1 aromatic rings. The summed E-state index contributed by atoms with van der Waals surface area (Å²) in [6.45, 7) is 3.95. The summed E-state index contributed by atoms with van der Waals surface area (Å²) in [7, 11) is 0. The Morgan fingerprint density at radius 1 is 1.36 bits per heavy atom. The van der Waals surface area contributed by atoms with Gasteiger partial charge in [-0.25, -0.2) is 0 Å². The first kappa shape index (κ1) is 8.89. The lowest BCUT2D eigenvalue weighted by molar-refractivity contribution is 1.08. The largest absolute Gasteiger partial charge is 0.118 e. The Morgan fingerprint density at radius 2 is 2.00 bits per heavy atom. The second-order valence-corrected chi connectivity index (χ2v) is 3.70. The molecule has 1 unspecified atom stereocenters. The molecule has 0 nitrogen and oxygen atoms in total. The summed E-state index contributed by atoms with van der Waals surface area (Å²) in [5.74, 6) is 0. The van der Waals surface area contributed by atoms with Crippen LogP contribution in [0, 0.1) is 6.92 Å². The first-order valence-corrected chi connectivity index (χ1v) is 4.33. The minimum atomic E-state index is -0.0117. The van der Waals surface area contributed by atoms with Crippen LogP contribution in [-0.2, 0) is 0 Å². The van der Waals surface area contributed by atoms with Gasteiger partial charge in [0.05, 0.1) is 5.38 Å². The predicted molar refractivity (Wildman–Crippen MR) is 50.5 cm³/mol. The van der Waals surface area contributed by atoms with Crippen LogP contribution >= 0.6 is 23.2 Å². The van der Waals surface area contributed by atoms with Crippen LogP contribution in [0.2, 0.25) is 5.02 Å². The van der Waals surface area contributed by atoms with Gasteiger partial charge in [0.25, 0.3) is 0 Å². The predicted octanol–water partition coefficient (Wildman–Crippen LogP) is 3.95. The summed E-state index contributed by atoms with van der Waals surface area (Å²) < 4.78 is 0. The Labute approximate surface area is 77.1 Å². The number of benzene rings is 1. The van der Waals surface area contributed by atoms with E-state index in [1.807, 2.05) is 32.0 Å². The molecule has 0 amide bonds. The van der Waals surface area contributed by atoms with E-state index in [2.05, 4.69) is 0 Å². The first-order valence-electron chi connectivity index (χ1n) is 3.51. The molecule has 0 saturated heterocycles. The fraction of sp³-hybridized carbons (Fsp3) is 0.333. The van der Waals surface area contributed by atoms with Crippen LogP contribution in [0.25, 0.3) is 0 Å². The third-order valence-electron chi connectivity index (χ3n) is 1.58. The van der Waals surface area contributed by atoms with Crippen molar-refractivity contribution in [1.82, 2.24) is 0 Å². The Balaban J connectivity index is 3.13. The number of aryl methyl sites for hydroxylation is 1. The van der Waals surface area contributed by atoms with Crippen molar-refractivity contribution in [3.8, 4) is 0 Å². The zero-order chi connectivity index (χ0) is 8.43. The Kier molecular flexibility index (Phi) is 2.80. The van der Waals surface area contributed by atoms with E-state index in [1.54, 1.807) is 0 Å². The van der Waals surface area contributed by atoms with Crippen LogP contribution < -0.4 is 0 Å². The Bertz CT molecular complexity index is 254. The smallest absolute Gasteiger partial charge is 0.0571 e. The molecule has 0 bridgehead atoms. The van der Waals surface area contributed by atoms with Gasteiger partial charge < -0.3 is 0 Å². The lowest BCUT2D eigenvalue weighted by atomic mass is 10.1. The second-order valence-electron chi connectivity index (χ2n) is 2.64. The van der Waals surface area contributed by atoms with Crippen molar-refractivity contribution in [2.75, 3.05) is 0 Å². The molecule has 0 aliphatic rings. The van der Waals surface area contributed by atoms with Gasteiger partial charge in [-0.05, 0) is 25.5 Å². The molecule has 0 spiro atoms. The number of hydrogen-bond donors (Lipinski definition) is 0. The SMILES string of the molecule is Cc1ccc(Cl)c(C(C)Cl)c1. The summed E-state index contributed by atoms with van der Waals surface area (Å²) in [6, 6.07) is 5.87. The van der Waals surface area contributed by atoms with Crippen molar-refractivity contribution in [2.24, 2.45) is 0 Å². The fourth-order valence-corrected chi connectivity index (χ4v) is 1.49. The molecule has 0 N–H and O–H groups in total. The average Bonchev–Trinajstić information content (AvgIpc) is 1.94. The van der Waals surface area contributed by atoms with E-state index in [9.17, 15) is 0 Å². The maximum atomic E-state index is 5.91. The van der Waals surface area contributed by atoms with Crippen molar-refractivity contribution in [3.63, 3.8) is 0 Å². The molecular formula is C9H10Cl2. The standard InChI is InChI=1S/C9H10Cl2/c1-6-3-4-9(11)8(5-6)7(2)10/h3-5,7H,1-2H3. The van der Waals surface area contributed by atoms with E-state index >= 15 is 0 Å². The van der Waals surface area contributed by atoms with Crippen LogP contribution in [0.5, 0.6) is 0 Å². The highest BCUT2D eigenvalue weighted by atomic mass is 35.5. The van der Waals surface area contributed by atoms with Crippen molar-refractivity contribution < 1.29 is 0 Å². The van der Waals surface area contributed by atoms with Crippen molar-refractivity contribution in [1.29, 1.82) is 0 Å². The minimum Gasteiger partial charge on any atom is -0.118 e. The Hall–Kier alpha value is -0.200. The van der Waals surface area contributed by atoms with Crippen molar-refractivity contribution in [2.45, 2.75) is 19.2 Å². The monoisotopic (exact) mass is 188 g/mol. The first-order chi connectivity index (χ1) is 5.11. The summed E-state index contributed by atoms with van der Waals surface area (Å²) >= 11 is 11.8. The molecule has 60 valence electrons. The average molecular weight is 189 g/mol. The summed E-state index contributed by atoms with van der Waals surface area (Å²) in [5, 5.41) is 0.737. The van der Waals surface area contributed by atoms with Gasteiger partial charge in [-0.3, -0.25) is 0 Å². The number of rotatable bonds is 1. The quantitative estimate of drug-likeness (QED) is 0.586. The molecule has 2 heteroatoms. The molecule has 1 atom stereocenters. The molecule has 0 aliphatic carbocycles. The van der Waals surface area contributed by atoms with Gasteiger partial charge in [0.2, 0.25) is 0 Å². The van der Waals surface area contributed by atoms with Crippen molar-refractivity contribution in [3.05, 3.63) is 34.3 Å². The van der Waals surface area contributed by atoms with Gasteiger partial charge in [-0.1, -0.05) is 29.3 Å². The van der Waals surface area contributed by atoms with Crippen molar-refractivity contribution >= 4 is 23.2 Å². The fourth-order valence-electron chi connectivity index (χ4n) is 0.968. The van der Waals surface area contributed by atoms with E-state index in [0.717, 1.165) is 10.6 Å². The molecule has 0 aromatic heterocycles. The molecule has 0 aliphatic heterocycles. The van der Waals surface area contributed by atoms with Gasteiger partial charge in [-0.15, -0.1) is 11.6 Å². The minimum absolute atomic E-state index is 0.0117. The summed E-state index contributed by atoms with van der Waals surface area (Å²) in [5.41, 5.74) is 2.20. The number of hydrogen-bond acceptors (Lipinski definition) is 0. The topological polar surface area (TPSA) is 0 Å².